The number of rotatable bonds is 5. The summed E-state index contributed by atoms with van der Waals surface area (Å²) >= 11 is 0. The molecule has 4 nitrogen and oxygen atoms in total. The second kappa shape index (κ2) is 5.19. The predicted octanol–water partition coefficient (Wildman–Crippen LogP) is 0.252. The number of amides is 1. The predicted molar refractivity (Wildman–Crippen MR) is 52.1 cm³/mol. The fraction of sp³-hybridized carbons (Fsp3) is 0.889. The molecular formula is C9H20N2O2. The summed E-state index contributed by atoms with van der Waals surface area (Å²) in [7, 11) is 0. The molecular weight excluding hydrogens is 168 g/mol. The topological polar surface area (TPSA) is 78.3 Å². The summed E-state index contributed by atoms with van der Waals surface area (Å²) in [5.41, 5.74) is 10.6. The van der Waals surface area contributed by atoms with Crippen LogP contribution in [-0.2, 0) is 9.53 Å². The molecule has 0 radical (unpaired) electrons. The van der Waals surface area contributed by atoms with Gasteiger partial charge in [0.1, 0.15) is 6.04 Å². The van der Waals surface area contributed by atoms with Crippen LogP contribution in [0.1, 0.15) is 27.2 Å². The van der Waals surface area contributed by atoms with Gasteiger partial charge in [-0.25, -0.2) is 0 Å². The Morgan fingerprint density at radius 2 is 2.00 bits per heavy atom. The second-order valence-electron chi connectivity index (χ2n) is 4.39. The molecule has 0 aliphatic heterocycles. The number of hydrogen-bond acceptors (Lipinski definition) is 3. The Bertz CT molecular complexity index is 163. The van der Waals surface area contributed by atoms with Crippen molar-refractivity contribution in [1.29, 1.82) is 0 Å². The Kier molecular flexibility index (Phi) is 4.95. The summed E-state index contributed by atoms with van der Waals surface area (Å²) < 4.78 is 5.21. The van der Waals surface area contributed by atoms with E-state index in [1.165, 1.54) is 0 Å². The molecule has 0 rings (SSSR count). The first kappa shape index (κ1) is 12.4. The summed E-state index contributed by atoms with van der Waals surface area (Å²) in [4.78, 5) is 10.5. The number of ether oxygens (including phenoxy) is 1. The van der Waals surface area contributed by atoms with Gasteiger partial charge in [-0.1, -0.05) is 20.8 Å². The highest BCUT2D eigenvalue weighted by Crippen LogP contribution is 2.17. The van der Waals surface area contributed by atoms with Crippen LogP contribution in [0.4, 0.5) is 0 Å². The zero-order valence-electron chi connectivity index (χ0n) is 8.67. The third kappa shape index (κ3) is 7.74. The molecule has 1 amide bonds. The van der Waals surface area contributed by atoms with Gasteiger partial charge < -0.3 is 16.2 Å². The Labute approximate surface area is 79.6 Å². The maximum Gasteiger partial charge on any atom is 0.236 e. The standard InChI is InChI=1S/C9H20N2O2/c1-9(2,3)4-5-13-6-7(10)8(11)12/h7H,4-6,10H2,1-3H3,(H2,11,12). The molecule has 4 heteroatoms. The molecule has 1 atom stereocenters. The van der Waals surface area contributed by atoms with Crippen LogP contribution in [0, 0.1) is 5.41 Å². The van der Waals surface area contributed by atoms with Gasteiger partial charge in [0, 0.05) is 6.61 Å². The maximum absolute atomic E-state index is 10.5. The molecule has 0 fully saturated rings. The molecule has 0 aromatic rings. The molecule has 0 saturated heterocycles. The first-order valence-corrected chi connectivity index (χ1v) is 4.45. The smallest absolute Gasteiger partial charge is 0.236 e. The summed E-state index contributed by atoms with van der Waals surface area (Å²) in [5, 5.41) is 0. The second-order valence-corrected chi connectivity index (χ2v) is 4.39. The molecule has 0 aliphatic carbocycles. The van der Waals surface area contributed by atoms with Gasteiger partial charge in [-0.2, -0.15) is 0 Å². The average molecular weight is 188 g/mol. The summed E-state index contributed by atoms with van der Waals surface area (Å²) in [6.07, 6.45) is 0.943. The molecule has 0 heterocycles. The van der Waals surface area contributed by atoms with Crippen LogP contribution in [0.25, 0.3) is 0 Å². The Hall–Kier alpha value is -0.610. The highest BCUT2D eigenvalue weighted by molar-refractivity contribution is 5.79. The van der Waals surface area contributed by atoms with Crippen molar-refractivity contribution in [2.75, 3.05) is 13.2 Å². The first-order valence-electron chi connectivity index (χ1n) is 4.45. The lowest BCUT2D eigenvalue weighted by molar-refractivity contribution is -0.120. The van der Waals surface area contributed by atoms with E-state index in [1.54, 1.807) is 0 Å². The summed E-state index contributed by atoms with van der Waals surface area (Å²) in [5.74, 6) is -0.518. The first-order chi connectivity index (χ1) is 5.83. The van der Waals surface area contributed by atoms with E-state index in [1.807, 2.05) is 0 Å². The normalized spacial score (nSPS) is 14.2. The molecule has 0 bridgehead atoms. The van der Waals surface area contributed by atoms with E-state index in [0.29, 0.717) is 6.61 Å². The molecule has 0 spiro atoms. The molecule has 4 N–H and O–H groups in total. The van der Waals surface area contributed by atoms with Crippen molar-refractivity contribution in [3.8, 4) is 0 Å². The summed E-state index contributed by atoms with van der Waals surface area (Å²) in [6, 6.07) is -0.681. The minimum Gasteiger partial charge on any atom is -0.379 e. The van der Waals surface area contributed by atoms with Gasteiger partial charge in [-0.05, 0) is 11.8 Å². The zero-order chi connectivity index (χ0) is 10.5. The van der Waals surface area contributed by atoms with Gasteiger partial charge in [0.05, 0.1) is 6.61 Å². The molecule has 0 aromatic carbocycles. The van der Waals surface area contributed by atoms with Crippen LogP contribution in [-0.4, -0.2) is 25.2 Å². The highest BCUT2D eigenvalue weighted by Gasteiger charge is 2.12. The molecule has 13 heavy (non-hydrogen) atoms. The van der Waals surface area contributed by atoms with Crippen molar-refractivity contribution in [3.05, 3.63) is 0 Å². The van der Waals surface area contributed by atoms with E-state index in [2.05, 4.69) is 20.8 Å². The highest BCUT2D eigenvalue weighted by atomic mass is 16.5. The number of nitrogens with two attached hydrogens (primary N) is 2. The Balaban J connectivity index is 3.41. The lowest BCUT2D eigenvalue weighted by Gasteiger charge is -2.18. The quantitative estimate of drug-likeness (QED) is 0.607. The fourth-order valence-corrected chi connectivity index (χ4v) is 0.671. The molecule has 0 aromatic heterocycles. The lowest BCUT2D eigenvalue weighted by Crippen LogP contribution is -2.40. The van der Waals surface area contributed by atoms with Gasteiger partial charge >= 0.3 is 0 Å². The zero-order valence-corrected chi connectivity index (χ0v) is 8.67. The third-order valence-corrected chi connectivity index (χ3v) is 1.66. The minimum absolute atomic E-state index is 0.214. The summed E-state index contributed by atoms with van der Waals surface area (Å²) in [6.45, 7) is 7.22. The van der Waals surface area contributed by atoms with E-state index in [0.717, 1.165) is 6.42 Å². The van der Waals surface area contributed by atoms with E-state index >= 15 is 0 Å². The maximum atomic E-state index is 10.5. The molecule has 1 unspecified atom stereocenters. The van der Waals surface area contributed by atoms with Crippen LogP contribution in [0.15, 0.2) is 0 Å². The van der Waals surface area contributed by atoms with Gasteiger partial charge in [-0.15, -0.1) is 0 Å². The van der Waals surface area contributed by atoms with Gasteiger partial charge in [-0.3, -0.25) is 4.79 Å². The van der Waals surface area contributed by atoms with Crippen LogP contribution in [0.5, 0.6) is 0 Å². The van der Waals surface area contributed by atoms with Crippen LogP contribution < -0.4 is 11.5 Å². The largest absolute Gasteiger partial charge is 0.379 e. The van der Waals surface area contributed by atoms with Crippen LogP contribution in [0.3, 0.4) is 0 Å². The van der Waals surface area contributed by atoms with E-state index < -0.39 is 11.9 Å². The number of hydrogen-bond donors (Lipinski definition) is 2. The third-order valence-electron chi connectivity index (χ3n) is 1.66. The lowest BCUT2D eigenvalue weighted by atomic mass is 9.93. The van der Waals surface area contributed by atoms with E-state index in [-0.39, 0.29) is 12.0 Å². The fourth-order valence-electron chi connectivity index (χ4n) is 0.671. The van der Waals surface area contributed by atoms with Crippen molar-refractivity contribution in [3.63, 3.8) is 0 Å². The monoisotopic (exact) mass is 188 g/mol. The Morgan fingerprint density at radius 3 is 2.38 bits per heavy atom. The average Bonchev–Trinajstić information content (AvgIpc) is 1.95. The van der Waals surface area contributed by atoms with Crippen LogP contribution in [0.2, 0.25) is 0 Å². The van der Waals surface area contributed by atoms with Crippen molar-refractivity contribution in [2.24, 2.45) is 16.9 Å². The molecule has 78 valence electrons. The molecule has 0 saturated carbocycles. The number of carbonyl (C=O) groups excluding carboxylic acids is 1. The molecule has 0 aliphatic rings. The van der Waals surface area contributed by atoms with Crippen molar-refractivity contribution in [2.45, 2.75) is 33.2 Å². The van der Waals surface area contributed by atoms with Gasteiger partial charge in [0.25, 0.3) is 0 Å². The van der Waals surface area contributed by atoms with Crippen molar-refractivity contribution >= 4 is 5.91 Å². The van der Waals surface area contributed by atoms with E-state index in [4.69, 9.17) is 16.2 Å². The minimum atomic E-state index is -0.681. The van der Waals surface area contributed by atoms with Gasteiger partial charge in [0.15, 0.2) is 0 Å². The van der Waals surface area contributed by atoms with Gasteiger partial charge in [0.2, 0.25) is 5.91 Å². The van der Waals surface area contributed by atoms with Crippen LogP contribution >= 0.6 is 0 Å². The number of primary amides is 1. The van der Waals surface area contributed by atoms with Crippen molar-refractivity contribution < 1.29 is 9.53 Å². The van der Waals surface area contributed by atoms with E-state index in [9.17, 15) is 4.79 Å². The van der Waals surface area contributed by atoms with Crippen molar-refractivity contribution in [1.82, 2.24) is 0 Å². The Morgan fingerprint density at radius 1 is 1.46 bits per heavy atom. The SMILES string of the molecule is CC(C)(C)CCOCC(N)C(N)=O. The number of carbonyl (C=O) groups is 1.